The Morgan fingerprint density at radius 2 is 2.53 bits per heavy atom. The van der Waals surface area contributed by atoms with Crippen molar-refractivity contribution in [1.82, 2.24) is 4.98 Å². The van der Waals surface area contributed by atoms with Crippen LogP contribution in [-0.4, -0.2) is 29.5 Å². The van der Waals surface area contributed by atoms with Gasteiger partial charge in [0.1, 0.15) is 6.20 Å². The van der Waals surface area contributed by atoms with E-state index in [9.17, 15) is 10.1 Å². The third-order valence-electron chi connectivity index (χ3n) is 3.03. The fourth-order valence-electron chi connectivity index (χ4n) is 2.20. The van der Waals surface area contributed by atoms with Gasteiger partial charge >= 0.3 is 5.00 Å². The lowest BCUT2D eigenvalue weighted by molar-refractivity contribution is -0.380. The van der Waals surface area contributed by atoms with Gasteiger partial charge in [-0.05, 0) is 43.1 Å². The largest absolute Gasteiger partial charge is 0.348 e. The Balaban J connectivity index is 2.02. The van der Waals surface area contributed by atoms with Crippen molar-refractivity contribution in [3.05, 3.63) is 16.3 Å². The van der Waals surface area contributed by atoms with Crippen LogP contribution in [0.2, 0.25) is 0 Å². The molecule has 2 rings (SSSR count). The molecule has 1 aliphatic rings. The van der Waals surface area contributed by atoms with E-state index in [4.69, 9.17) is 5.73 Å². The maximum Gasteiger partial charge on any atom is 0.345 e. The van der Waals surface area contributed by atoms with Gasteiger partial charge in [0.25, 0.3) is 0 Å². The number of piperidine rings is 1. The first-order valence-corrected chi connectivity index (χ1v) is 6.57. The molecule has 17 heavy (non-hydrogen) atoms. The van der Waals surface area contributed by atoms with E-state index in [0.29, 0.717) is 12.5 Å². The number of nitrogens with zero attached hydrogens (tertiary/aromatic N) is 3. The van der Waals surface area contributed by atoms with Gasteiger partial charge in [-0.25, -0.2) is 4.98 Å². The predicted molar refractivity (Wildman–Crippen MR) is 67.4 cm³/mol. The summed E-state index contributed by atoms with van der Waals surface area (Å²) in [6.45, 7) is 2.56. The van der Waals surface area contributed by atoms with E-state index in [1.807, 2.05) is 0 Å². The van der Waals surface area contributed by atoms with Crippen molar-refractivity contribution in [2.75, 3.05) is 24.5 Å². The summed E-state index contributed by atoms with van der Waals surface area (Å²) < 4.78 is 0. The minimum atomic E-state index is -0.386. The molecule has 1 atom stereocenters. The molecule has 1 aliphatic heterocycles. The third kappa shape index (κ3) is 2.92. The minimum Gasteiger partial charge on any atom is -0.348 e. The van der Waals surface area contributed by atoms with Crippen molar-refractivity contribution in [1.29, 1.82) is 0 Å². The van der Waals surface area contributed by atoms with Crippen LogP contribution in [0.25, 0.3) is 0 Å². The molecule has 0 bridgehead atoms. The highest BCUT2D eigenvalue weighted by Crippen LogP contribution is 2.31. The zero-order valence-electron chi connectivity index (χ0n) is 9.54. The van der Waals surface area contributed by atoms with Gasteiger partial charge in [0.05, 0.1) is 4.92 Å². The number of anilines is 1. The summed E-state index contributed by atoms with van der Waals surface area (Å²) in [6, 6.07) is 0. The molecule has 6 nitrogen and oxygen atoms in total. The van der Waals surface area contributed by atoms with Gasteiger partial charge in [-0.2, -0.15) is 0 Å². The number of nitro groups is 1. The van der Waals surface area contributed by atoms with E-state index in [2.05, 4.69) is 9.88 Å². The molecule has 1 saturated heterocycles. The van der Waals surface area contributed by atoms with Crippen molar-refractivity contribution in [2.24, 2.45) is 11.7 Å². The fourth-order valence-corrected chi connectivity index (χ4v) is 2.96. The van der Waals surface area contributed by atoms with Gasteiger partial charge in [0, 0.05) is 13.1 Å². The summed E-state index contributed by atoms with van der Waals surface area (Å²) in [5.74, 6) is 0.594. The standard InChI is InChI=1S/C10H16N4O2S/c11-4-3-8-2-1-5-13(7-8)10-12-6-9(17-10)14(15)16/h6,8H,1-5,7,11H2. The summed E-state index contributed by atoms with van der Waals surface area (Å²) >= 11 is 1.15. The molecule has 1 unspecified atom stereocenters. The highest BCUT2D eigenvalue weighted by molar-refractivity contribution is 7.18. The first-order valence-electron chi connectivity index (χ1n) is 5.76. The van der Waals surface area contributed by atoms with Crippen molar-refractivity contribution in [3.63, 3.8) is 0 Å². The van der Waals surface area contributed by atoms with Crippen LogP contribution in [-0.2, 0) is 0 Å². The van der Waals surface area contributed by atoms with Crippen molar-refractivity contribution < 1.29 is 4.92 Å². The van der Waals surface area contributed by atoms with Crippen molar-refractivity contribution >= 4 is 21.5 Å². The summed E-state index contributed by atoms with van der Waals surface area (Å²) in [4.78, 5) is 16.5. The number of nitrogens with two attached hydrogens (primary N) is 1. The van der Waals surface area contributed by atoms with Crippen LogP contribution in [0.4, 0.5) is 10.1 Å². The summed E-state index contributed by atoms with van der Waals surface area (Å²) in [5.41, 5.74) is 5.57. The smallest absolute Gasteiger partial charge is 0.345 e. The van der Waals surface area contributed by atoms with Crippen LogP contribution in [0.5, 0.6) is 0 Å². The molecule has 0 saturated carbocycles. The highest BCUT2D eigenvalue weighted by Gasteiger charge is 2.23. The van der Waals surface area contributed by atoms with Gasteiger partial charge in [-0.3, -0.25) is 10.1 Å². The van der Waals surface area contributed by atoms with Crippen LogP contribution >= 0.6 is 11.3 Å². The molecule has 2 heterocycles. The predicted octanol–water partition coefficient (Wildman–Crippen LogP) is 1.62. The summed E-state index contributed by atoms with van der Waals surface area (Å²) in [7, 11) is 0. The average Bonchev–Trinajstić information content (AvgIpc) is 2.79. The van der Waals surface area contributed by atoms with E-state index < -0.39 is 0 Å². The molecule has 0 radical (unpaired) electrons. The van der Waals surface area contributed by atoms with Crippen molar-refractivity contribution in [3.8, 4) is 0 Å². The monoisotopic (exact) mass is 256 g/mol. The van der Waals surface area contributed by atoms with E-state index in [0.717, 1.165) is 42.4 Å². The zero-order valence-corrected chi connectivity index (χ0v) is 10.4. The molecule has 94 valence electrons. The average molecular weight is 256 g/mol. The van der Waals surface area contributed by atoms with E-state index in [-0.39, 0.29) is 9.92 Å². The molecule has 1 aromatic heterocycles. The van der Waals surface area contributed by atoms with Gasteiger partial charge in [-0.15, -0.1) is 0 Å². The third-order valence-corrected chi connectivity index (χ3v) is 4.04. The molecule has 1 aromatic rings. The highest BCUT2D eigenvalue weighted by atomic mass is 32.1. The number of aromatic nitrogens is 1. The normalized spacial score (nSPS) is 20.5. The Morgan fingerprint density at radius 1 is 1.71 bits per heavy atom. The number of hydrogen-bond donors (Lipinski definition) is 1. The summed E-state index contributed by atoms with van der Waals surface area (Å²) in [6.07, 6.45) is 4.66. The molecule has 0 spiro atoms. The second kappa shape index (κ2) is 5.42. The first kappa shape index (κ1) is 12.3. The Kier molecular flexibility index (Phi) is 3.90. The second-order valence-corrected chi connectivity index (χ2v) is 5.26. The molecule has 0 aromatic carbocycles. The van der Waals surface area contributed by atoms with Gasteiger partial charge in [0.2, 0.25) is 0 Å². The molecule has 0 amide bonds. The topological polar surface area (TPSA) is 85.3 Å². The lowest BCUT2D eigenvalue weighted by atomic mass is 9.95. The van der Waals surface area contributed by atoms with Gasteiger partial charge in [-0.1, -0.05) is 0 Å². The Labute approximate surface area is 104 Å². The number of hydrogen-bond acceptors (Lipinski definition) is 6. The second-order valence-electron chi connectivity index (χ2n) is 4.27. The quantitative estimate of drug-likeness (QED) is 0.653. The fraction of sp³-hybridized carbons (Fsp3) is 0.700. The number of rotatable bonds is 4. The Morgan fingerprint density at radius 3 is 3.18 bits per heavy atom. The lowest BCUT2D eigenvalue weighted by Gasteiger charge is -2.32. The van der Waals surface area contributed by atoms with Crippen LogP contribution in [0.15, 0.2) is 6.20 Å². The molecular formula is C10H16N4O2S. The van der Waals surface area contributed by atoms with Crippen LogP contribution in [0.1, 0.15) is 19.3 Å². The van der Waals surface area contributed by atoms with E-state index in [1.54, 1.807) is 0 Å². The molecule has 2 N–H and O–H groups in total. The summed E-state index contributed by atoms with van der Waals surface area (Å²) in [5, 5.41) is 11.5. The SMILES string of the molecule is NCCC1CCCN(c2ncc([N+](=O)[O-])s2)C1. The van der Waals surface area contributed by atoms with Gasteiger partial charge < -0.3 is 10.6 Å². The molecule has 1 fully saturated rings. The maximum atomic E-state index is 10.6. The molecule has 0 aliphatic carbocycles. The van der Waals surface area contributed by atoms with Crippen molar-refractivity contribution in [2.45, 2.75) is 19.3 Å². The van der Waals surface area contributed by atoms with E-state index in [1.165, 1.54) is 12.6 Å². The van der Waals surface area contributed by atoms with Crippen LogP contribution in [0.3, 0.4) is 0 Å². The van der Waals surface area contributed by atoms with Gasteiger partial charge in [0.15, 0.2) is 5.13 Å². The molecule has 7 heteroatoms. The zero-order chi connectivity index (χ0) is 12.3. The number of thiazole rings is 1. The van der Waals surface area contributed by atoms with Crippen LogP contribution < -0.4 is 10.6 Å². The van der Waals surface area contributed by atoms with Crippen LogP contribution in [0, 0.1) is 16.0 Å². The lowest BCUT2D eigenvalue weighted by Crippen LogP contribution is -2.36. The Bertz CT molecular complexity index is 393. The molecular weight excluding hydrogens is 240 g/mol. The van der Waals surface area contributed by atoms with E-state index >= 15 is 0 Å². The maximum absolute atomic E-state index is 10.6. The minimum absolute atomic E-state index is 0.112. The first-order chi connectivity index (χ1) is 8.20. The Hall–Kier alpha value is -1.21.